The van der Waals surface area contributed by atoms with Crippen LogP contribution in [0.1, 0.15) is 59.4 Å². The van der Waals surface area contributed by atoms with Crippen LogP contribution in [0.25, 0.3) is 0 Å². The second kappa shape index (κ2) is 11.9. The first-order chi connectivity index (χ1) is 16.4. The van der Waals surface area contributed by atoms with Crippen LogP contribution in [0.2, 0.25) is 0 Å². The number of carbonyl (C=O) groups is 1. The number of thiophene rings is 2. The van der Waals surface area contributed by atoms with E-state index in [-0.39, 0.29) is 23.7 Å². The molecule has 2 heterocycles. The fourth-order valence-corrected chi connectivity index (χ4v) is 6.89. The number of halogens is 2. The van der Waals surface area contributed by atoms with Gasteiger partial charge >= 0.3 is 0 Å². The molecule has 0 N–H and O–H groups in total. The Labute approximate surface area is 227 Å². The van der Waals surface area contributed by atoms with Gasteiger partial charge < -0.3 is 0 Å². The maximum absolute atomic E-state index is 13.6. The second-order valence-corrected chi connectivity index (χ2v) is 12.7. The van der Waals surface area contributed by atoms with Crippen molar-refractivity contribution in [2.24, 2.45) is 11.8 Å². The summed E-state index contributed by atoms with van der Waals surface area (Å²) in [4.78, 5) is 16.3. The minimum atomic E-state index is -0.0142. The third kappa shape index (κ3) is 6.37. The Hall–Kier alpha value is -1.53. The first kappa shape index (κ1) is 25.6. The van der Waals surface area contributed by atoms with E-state index in [0.29, 0.717) is 5.78 Å². The van der Waals surface area contributed by atoms with Crippen molar-refractivity contribution >= 4 is 60.3 Å². The Morgan fingerprint density at radius 2 is 1.06 bits per heavy atom. The van der Waals surface area contributed by atoms with Crippen LogP contribution < -0.4 is 0 Å². The molecule has 0 fully saturated rings. The molecular formula is C29H28Br2OS2. The molecule has 4 atom stereocenters. The zero-order valence-corrected chi connectivity index (χ0v) is 24.1. The Balaban J connectivity index is 1.51. The SMILES string of the molecule is CC(CC(c1ccc(Br)cc1)c1cccs1)C(=O)C(C)CC(c1ccc(Br)cc1)c1cccs1. The predicted molar refractivity (Wildman–Crippen MR) is 153 cm³/mol. The summed E-state index contributed by atoms with van der Waals surface area (Å²) in [6.07, 6.45) is 1.65. The Morgan fingerprint density at radius 1 is 0.676 bits per heavy atom. The van der Waals surface area contributed by atoms with Gasteiger partial charge in [0.2, 0.25) is 0 Å². The van der Waals surface area contributed by atoms with Crippen LogP contribution in [0, 0.1) is 11.8 Å². The molecule has 5 heteroatoms. The Bertz CT molecular complexity index is 1070. The van der Waals surface area contributed by atoms with Gasteiger partial charge in [-0.25, -0.2) is 0 Å². The van der Waals surface area contributed by atoms with E-state index in [4.69, 9.17) is 0 Å². The van der Waals surface area contributed by atoms with Crippen LogP contribution in [0.4, 0.5) is 0 Å². The average Bonchev–Trinajstić information content (AvgIpc) is 3.56. The van der Waals surface area contributed by atoms with Gasteiger partial charge in [0.05, 0.1) is 0 Å². The smallest absolute Gasteiger partial charge is 0.138 e. The van der Waals surface area contributed by atoms with Gasteiger partial charge in [-0.05, 0) is 71.1 Å². The lowest BCUT2D eigenvalue weighted by molar-refractivity contribution is -0.126. The summed E-state index contributed by atoms with van der Waals surface area (Å²) in [6, 6.07) is 25.7. The minimum Gasteiger partial charge on any atom is -0.299 e. The minimum absolute atomic E-state index is 0.0142. The Morgan fingerprint density at radius 3 is 1.38 bits per heavy atom. The molecule has 0 aliphatic carbocycles. The molecule has 176 valence electrons. The highest BCUT2D eigenvalue weighted by Crippen LogP contribution is 2.38. The maximum Gasteiger partial charge on any atom is 0.138 e. The molecule has 2 aromatic carbocycles. The number of rotatable bonds is 10. The summed E-state index contributed by atoms with van der Waals surface area (Å²) in [5.74, 6) is 0.800. The average molecular weight is 616 g/mol. The summed E-state index contributed by atoms with van der Waals surface area (Å²) >= 11 is 10.6. The first-order valence-electron chi connectivity index (χ1n) is 11.5. The number of Topliss-reactive ketones (excluding diaryl/α,β-unsaturated/α-hetero) is 1. The van der Waals surface area contributed by atoms with Gasteiger partial charge in [0.25, 0.3) is 0 Å². The highest BCUT2D eigenvalue weighted by atomic mass is 79.9. The number of carbonyl (C=O) groups excluding carboxylic acids is 1. The second-order valence-electron chi connectivity index (χ2n) is 8.91. The molecular weight excluding hydrogens is 588 g/mol. The molecule has 0 aliphatic heterocycles. The largest absolute Gasteiger partial charge is 0.299 e. The van der Waals surface area contributed by atoms with Crippen LogP contribution in [0.5, 0.6) is 0 Å². The number of benzene rings is 2. The van der Waals surface area contributed by atoms with Crippen molar-refractivity contribution in [3.8, 4) is 0 Å². The van der Waals surface area contributed by atoms with E-state index in [9.17, 15) is 4.79 Å². The van der Waals surface area contributed by atoms with Crippen molar-refractivity contribution in [3.63, 3.8) is 0 Å². The standard InChI is InChI=1S/C29H28Br2OS2/c1-19(17-25(27-5-3-15-33-27)21-7-11-23(30)12-8-21)29(32)20(2)18-26(28-6-4-16-34-28)22-9-13-24(31)14-10-22/h3-16,19-20,25-26H,17-18H2,1-2H3. The monoisotopic (exact) mass is 614 g/mol. The molecule has 0 radical (unpaired) electrons. The predicted octanol–water partition coefficient (Wildman–Crippen LogP) is 9.92. The molecule has 0 spiro atoms. The van der Waals surface area contributed by atoms with Crippen molar-refractivity contribution in [2.75, 3.05) is 0 Å². The molecule has 1 nitrogen and oxygen atoms in total. The molecule has 4 rings (SSSR count). The molecule has 0 saturated carbocycles. The van der Waals surface area contributed by atoms with Crippen LogP contribution in [0.3, 0.4) is 0 Å². The van der Waals surface area contributed by atoms with Gasteiger partial charge in [-0.1, -0.05) is 82.1 Å². The van der Waals surface area contributed by atoms with Gasteiger partial charge in [0.15, 0.2) is 0 Å². The highest BCUT2D eigenvalue weighted by molar-refractivity contribution is 9.10. The maximum atomic E-state index is 13.6. The summed E-state index contributed by atoms with van der Waals surface area (Å²) in [7, 11) is 0. The number of ketones is 1. The molecule has 0 amide bonds. The van der Waals surface area contributed by atoms with Crippen LogP contribution >= 0.6 is 54.5 Å². The van der Waals surface area contributed by atoms with Gasteiger partial charge in [-0.2, -0.15) is 0 Å². The van der Waals surface area contributed by atoms with E-state index >= 15 is 0 Å². The van der Waals surface area contributed by atoms with E-state index in [1.807, 2.05) is 0 Å². The molecule has 4 aromatic rings. The van der Waals surface area contributed by atoms with Crippen molar-refractivity contribution in [1.82, 2.24) is 0 Å². The van der Waals surface area contributed by atoms with Crippen LogP contribution in [-0.4, -0.2) is 5.78 Å². The van der Waals surface area contributed by atoms with Gasteiger partial charge in [0, 0.05) is 42.4 Å². The number of hydrogen-bond donors (Lipinski definition) is 0. The van der Waals surface area contributed by atoms with Crippen LogP contribution in [-0.2, 0) is 4.79 Å². The number of hydrogen-bond acceptors (Lipinski definition) is 3. The summed E-state index contributed by atoms with van der Waals surface area (Å²) < 4.78 is 2.15. The summed E-state index contributed by atoms with van der Waals surface area (Å²) in [5, 5.41) is 4.25. The van der Waals surface area contributed by atoms with E-state index < -0.39 is 0 Å². The third-order valence-corrected chi connectivity index (χ3v) is 9.50. The van der Waals surface area contributed by atoms with Gasteiger partial charge in [-0.3, -0.25) is 4.79 Å². The van der Waals surface area contributed by atoms with E-state index in [1.54, 1.807) is 22.7 Å². The molecule has 0 aliphatic rings. The molecule has 0 bridgehead atoms. The first-order valence-corrected chi connectivity index (χ1v) is 14.9. The Kier molecular flexibility index (Phi) is 8.97. The summed E-state index contributed by atoms with van der Waals surface area (Å²) in [5.41, 5.74) is 2.54. The molecule has 34 heavy (non-hydrogen) atoms. The van der Waals surface area contributed by atoms with Crippen molar-refractivity contribution in [2.45, 2.75) is 38.5 Å². The van der Waals surface area contributed by atoms with Crippen molar-refractivity contribution in [1.29, 1.82) is 0 Å². The normalized spacial score (nSPS) is 14.9. The van der Waals surface area contributed by atoms with E-state index in [2.05, 4.69) is 129 Å². The zero-order valence-electron chi connectivity index (χ0n) is 19.3. The fourth-order valence-electron chi connectivity index (χ4n) is 4.63. The van der Waals surface area contributed by atoms with E-state index in [0.717, 1.165) is 21.8 Å². The molecule has 4 unspecified atom stereocenters. The topological polar surface area (TPSA) is 17.1 Å². The highest BCUT2D eigenvalue weighted by Gasteiger charge is 2.28. The van der Waals surface area contributed by atoms with Gasteiger partial charge in [0.1, 0.15) is 5.78 Å². The van der Waals surface area contributed by atoms with E-state index in [1.165, 1.54) is 20.9 Å². The quantitative estimate of drug-likeness (QED) is 0.173. The lowest BCUT2D eigenvalue weighted by Crippen LogP contribution is -2.23. The molecule has 0 saturated heterocycles. The molecule has 2 aromatic heterocycles. The fraction of sp³-hybridized carbons (Fsp3) is 0.276. The lowest BCUT2D eigenvalue weighted by atomic mass is 9.80. The van der Waals surface area contributed by atoms with Crippen molar-refractivity contribution < 1.29 is 4.79 Å². The van der Waals surface area contributed by atoms with Gasteiger partial charge in [-0.15, -0.1) is 22.7 Å². The summed E-state index contributed by atoms with van der Waals surface area (Å²) in [6.45, 7) is 4.22. The van der Waals surface area contributed by atoms with Crippen molar-refractivity contribution in [3.05, 3.63) is 113 Å². The van der Waals surface area contributed by atoms with Crippen LogP contribution in [0.15, 0.2) is 92.5 Å². The third-order valence-electron chi connectivity index (χ3n) is 6.47. The lowest BCUT2D eigenvalue weighted by Gasteiger charge is -2.25. The zero-order chi connectivity index (χ0) is 24.1.